The number of nitrogens with one attached hydrogen (secondary N) is 1. The van der Waals surface area contributed by atoms with Crippen molar-refractivity contribution in [2.75, 3.05) is 38.5 Å². The summed E-state index contributed by atoms with van der Waals surface area (Å²) in [7, 11) is 2.04. The molecule has 0 radical (unpaired) electrons. The molecular weight excluding hydrogens is 342 g/mol. The van der Waals surface area contributed by atoms with Crippen molar-refractivity contribution in [3.8, 4) is 0 Å². The minimum absolute atomic E-state index is 0.0590. The van der Waals surface area contributed by atoms with Crippen LogP contribution >= 0.6 is 0 Å². The van der Waals surface area contributed by atoms with Crippen molar-refractivity contribution < 1.29 is 14.4 Å². The van der Waals surface area contributed by atoms with Crippen LogP contribution in [0.5, 0.6) is 0 Å². The van der Waals surface area contributed by atoms with Gasteiger partial charge in [0.05, 0.1) is 0 Å². The smallest absolute Gasteiger partial charge is 0.255 e. The van der Waals surface area contributed by atoms with Crippen molar-refractivity contribution >= 4 is 23.3 Å². The Morgan fingerprint density at radius 1 is 0.852 bits per heavy atom. The molecule has 0 unspecified atom stereocenters. The number of anilines is 1. The molecule has 2 aromatic carbocycles. The van der Waals surface area contributed by atoms with Gasteiger partial charge in [0.2, 0.25) is 0 Å². The first-order valence-corrected chi connectivity index (χ1v) is 8.94. The number of benzene rings is 2. The van der Waals surface area contributed by atoms with Crippen LogP contribution in [0.25, 0.3) is 0 Å². The third-order valence-electron chi connectivity index (χ3n) is 4.69. The fourth-order valence-corrected chi connectivity index (χ4v) is 3.00. The highest BCUT2D eigenvalue weighted by molar-refractivity contribution is 6.06. The van der Waals surface area contributed by atoms with E-state index in [0.29, 0.717) is 35.5 Å². The molecule has 1 saturated heterocycles. The van der Waals surface area contributed by atoms with Crippen LogP contribution in [-0.2, 0) is 0 Å². The number of carbonyl (C=O) groups is 3. The molecule has 1 aliphatic rings. The number of hydrogen-bond donors (Lipinski definition) is 1. The van der Waals surface area contributed by atoms with Crippen LogP contribution < -0.4 is 5.32 Å². The van der Waals surface area contributed by atoms with Gasteiger partial charge in [-0.15, -0.1) is 0 Å². The van der Waals surface area contributed by atoms with Crippen LogP contribution in [0.15, 0.2) is 48.5 Å². The number of rotatable bonds is 4. The predicted molar refractivity (Wildman–Crippen MR) is 104 cm³/mol. The molecule has 1 aliphatic heterocycles. The first-order chi connectivity index (χ1) is 12.9. The molecule has 140 valence electrons. The van der Waals surface area contributed by atoms with Crippen LogP contribution in [0, 0.1) is 0 Å². The number of Topliss-reactive ketones (excluding diaryl/α,β-unsaturated/α-hetero) is 1. The minimum Gasteiger partial charge on any atom is -0.336 e. The molecular formula is C21H23N3O3. The number of ketones is 1. The maximum Gasteiger partial charge on any atom is 0.255 e. The Morgan fingerprint density at radius 3 is 2.19 bits per heavy atom. The fourth-order valence-electron chi connectivity index (χ4n) is 3.00. The van der Waals surface area contributed by atoms with Crippen molar-refractivity contribution in [3.05, 3.63) is 65.2 Å². The van der Waals surface area contributed by atoms with Gasteiger partial charge in [0.25, 0.3) is 11.8 Å². The van der Waals surface area contributed by atoms with Gasteiger partial charge in [-0.25, -0.2) is 0 Å². The zero-order valence-electron chi connectivity index (χ0n) is 15.6. The lowest BCUT2D eigenvalue weighted by Gasteiger charge is -2.32. The van der Waals surface area contributed by atoms with Gasteiger partial charge in [-0.05, 0) is 44.3 Å². The molecule has 27 heavy (non-hydrogen) atoms. The Labute approximate surface area is 158 Å². The summed E-state index contributed by atoms with van der Waals surface area (Å²) in [5.74, 6) is -0.439. The standard InChI is InChI=1S/C21H23N3O3/c1-15(25)16-5-4-8-19(14-16)22-20(26)17-6-3-7-18(13-17)21(27)24-11-9-23(2)10-12-24/h3-8,13-14H,9-12H2,1-2H3,(H,22,26). The van der Waals surface area contributed by atoms with Crippen LogP contribution in [0.4, 0.5) is 5.69 Å². The van der Waals surface area contributed by atoms with Gasteiger partial charge in [0.15, 0.2) is 5.78 Å². The summed E-state index contributed by atoms with van der Waals surface area (Å²) in [5, 5.41) is 2.78. The minimum atomic E-state index is -0.316. The molecule has 2 aromatic rings. The summed E-state index contributed by atoms with van der Waals surface area (Å²) in [6.07, 6.45) is 0. The number of hydrogen-bond acceptors (Lipinski definition) is 4. The van der Waals surface area contributed by atoms with Gasteiger partial charge in [-0.3, -0.25) is 14.4 Å². The lowest BCUT2D eigenvalue weighted by molar-refractivity contribution is 0.0664. The normalized spacial score (nSPS) is 14.7. The highest BCUT2D eigenvalue weighted by atomic mass is 16.2. The lowest BCUT2D eigenvalue weighted by Crippen LogP contribution is -2.47. The summed E-state index contributed by atoms with van der Waals surface area (Å²) in [6.45, 7) is 4.54. The second-order valence-corrected chi connectivity index (χ2v) is 6.77. The van der Waals surface area contributed by atoms with E-state index in [4.69, 9.17) is 0 Å². The van der Waals surface area contributed by atoms with Crippen molar-refractivity contribution in [2.45, 2.75) is 6.92 Å². The Hall–Kier alpha value is -2.99. The number of piperazine rings is 1. The number of carbonyl (C=O) groups excluding carboxylic acids is 3. The summed E-state index contributed by atoms with van der Waals surface area (Å²) in [6, 6.07) is 13.5. The van der Waals surface area contributed by atoms with Crippen molar-refractivity contribution in [1.29, 1.82) is 0 Å². The van der Waals surface area contributed by atoms with E-state index in [2.05, 4.69) is 10.2 Å². The quantitative estimate of drug-likeness (QED) is 0.846. The van der Waals surface area contributed by atoms with Crippen LogP contribution in [0.2, 0.25) is 0 Å². The van der Waals surface area contributed by atoms with Crippen molar-refractivity contribution in [3.63, 3.8) is 0 Å². The number of nitrogens with zero attached hydrogens (tertiary/aromatic N) is 2. The average Bonchev–Trinajstić information content (AvgIpc) is 2.68. The maximum atomic E-state index is 12.7. The Balaban J connectivity index is 1.73. The molecule has 1 fully saturated rings. The van der Waals surface area contributed by atoms with Crippen molar-refractivity contribution in [1.82, 2.24) is 9.80 Å². The first kappa shape index (κ1) is 18.8. The highest BCUT2D eigenvalue weighted by Crippen LogP contribution is 2.15. The van der Waals surface area contributed by atoms with Gasteiger partial charge < -0.3 is 15.1 Å². The predicted octanol–water partition coefficient (Wildman–Crippen LogP) is 2.53. The molecule has 0 saturated carbocycles. The summed E-state index contributed by atoms with van der Waals surface area (Å²) < 4.78 is 0. The van der Waals surface area contributed by atoms with Crippen LogP contribution in [0.1, 0.15) is 38.0 Å². The molecule has 2 amide bonds. The summed E-state index contributed by atoms with van der Waals surface area (Å²) in [5.41, 5.74) is 1.99. The van der Waals surface area contributed by atoms with Gasteiger partial charge >= 0.3 is 0 Å². The molecule has 0 atom stereocenters. The zero-order valence-corrected chi connectivity index (χ0v) is 15.6. The molecule has 6 heteroatoms. The SMILES string of the molecule is CC(=O)c1cccc(NC(=O)c2cccc(C(=O)N3CCN(C)CC3)c2)c1. The fraction of sp³-hybridized carbons (Fsp3) is 0.286. The maximum absolute atomic E-state index is 12.7. The average molecular weight is 365 g/mol. The van der Waals surface area contributed by atoms with Crippen LogP contribution in [-0.4, -0.2) is 60.6 Å². The molecule has 0 bridgehead atoms. The van der Waals surface area contributed by atoms with Crippen molar-refractivity contribution in [2.24, 2.45) is 0 Å². The largest absolute Gasteiger partial charge is 0.336 e. The van der Waals surface area contributed by atoms with E-state index in [9.17, 15) is 14.4 Å². The van der Waals surface area contributed by atoms with Gasteiger partial charge in [-0.2, -0.15) is 0 Å². The second kappa shape index (κ2) is 8.14. The third kappa shape index (κ3) is 4.60. The Morgan fingerprint density at radius 2 is 1.48 bits per heavy atom. The van der Waals surface area contributed by atoms with Gasteiger partial charge in [0, 0.05) is 48.6 Å². The first-order valence-electron chi connectivity index (χ1n) is 8.94. The summed E-state index contributed by atoms with van der Waals surface area (Å²) in [4.78, 5) is 40.7. The lowest BCUT2D eigenvalue weighted by atomic mass is 10.1. The van der Waals surface area contributed by atoms with Gasteiger partial charge in [-0.1, -0.05) is 18.2 Å². The highest BCUT2D eigenvalue weighted by Gasteiger charge is 2.21. The monoisotopic (exact) mass is 365 g/mol. The Kier molecular flexibility index (Phi) is 5.66. The molecule has 0 aliphatic carbocycles. The topological polar surface area (TPSA) is 69.7 Å². The van der Waals surface area contributed by atoms with Crippen LogP contribution in [0.3, 0.4) is 0 Å². The zero-order chi connectivity index (χ0) is 19.4. The van der Waals surface area contributed by atoms with E-state index < -0.39 is 0 Å². The third-order valence-corrected chi connectivity index (χ3v) is 4.69. The second-order valence-electron chi connectivity index (χ2n) is 6.77. The molecule has 1 N–H and O–H groups in total. The van der Waals surface area contributed by atoms with E-state index in [1.165, 1.54) is 6.92 Å². The molecule has 0 aromatic heterocycles. The molecule has 0 spiro atoms. The molecule has 1 heterocycles. The summed E-state index contributed by atoms with van der Waals surface area (Å²) >= 11 is 0. The van der Waals surface area contributed by atoms with E-state index in [-0.39, 0.29) is 17.6 Å². The Bertz CT molecular complexity index is 870. The van der Waals surface area contributed by atoms with E-state index in [1.807, 2.05) is 11.9 Å². The van der Waals surface area contributed by atoms with E-state index in [0.717, 1.165) is 13.1 Å². The number of likely N-dealkylation sites (N-methyl/N-ethyl adjacent to an activating group) is 1. The van der Waals surface area contributed by atoms with E-state index >= 15 is 0 Å². The van der Waals surface area contributed by atoms with E-state index in [1.54, 1.807) is 48.5 Å². The molecule has 3 rings (SSSR count). The van der Waals surface area contributed by atoms with Gasteiger partial charge in [0.1, 0.15) is 0 Å². The molecule has 6 nitrogen and oxygen atoms in total. The number of amides is 2.